The number of rotatable bonds is 4. The molecule has 136 valence electrons. The van der Waals surface area contributed by atoms with E-state index in [0.717, 1.165) is 31.8 Å². The van der Waals surface area contributed by atoms with Crippen LogP contribution < -0.4 is 11.1 Å². The number of nitrogens with zero attached hydrogens (tertiary/aromatic N) is 2. The Hall–Kier alpha value is -1.30. The van der Waals surface area contributed by atoms with E-state index >= 15 is 0 Å². The number of amides is 3. The molecule has 2 heterocycles. The van der Waals surface area contributed by atoms with E-state index in [4.69, 9.17) is 5.73 Å². The molecule has 0 bridgehead atoms. The fourth-order valence-electron chi connectivity index (χ4n) is 4.44. The van der Waals surface area contributed by atoms with E-state index in [1.54, 1.807) is 4.90 Å². The van der Waals surface area contributed by atoms with E-state index in [9.17, 15) is 9.59 Å². The van der Waals surface area contributed by atoms with Crippen LogP contribution in [0.15, 0.2) is 0 Å². The van der Waals surface area contributed by atoms with E-state index < -0.39 is 0 Å². The lowest BCUT2D eigenvalue weighted by molar-refractivity contribution is -0.121. The van der Waals surface area contributed by atoms with Crippen molar-refractivity contribution in [2.24, 2.45) is 17.6 Å². The van der Waals surface area contributed by atoms with Crippen molar-refractivity contribution in [1.29, 1.82) is 0 Å². The maximum atomic E-state index is 12.3. The van der Waals surface area contributed by atoms with Crippen molar-refractivity contribution in [3.8, 4) is 0 Å². The largest absolute Gasteiger partial charge is 0.369 e. The predicted molar refractivity (Wildman–Crippen MR) is 93.4 cm³/mol. The molecule has 3 amide bonds. The van der Waals surface area contributed by atoms with Crippen LogP contribution in [0.2, 0.25) is 0 Å². The van der Waals surface area contributed by atoms with Gasteiger partial charge in [0.1, 0.15) is 0 Å². The number of hydrogen-bond acceptors (Lipinski definition) is 3. The third kappa shape index (κ3) is 4.62. The average molecular weight is 336 g/mol. The second kappa shape index (κ2) is 8.19. The molecule has 3 N–H and O–H groups in total. The molecule has 6 nitrogen and oxygen atoms in total. The molecule has 0 aromatic carbocycles. The smallest absolute Gasteiger partial charge is 0.317 e. The number of primary amides is 1. The third-order valence-corrected chi connectivity index (χ3v) is 6.03. The maximum Gasteiger partial charge on any atom is 0.317 e. The lowest BCUT2D eigenvalue weighted by Crippen LogP contribution is -2.49. The molecule has 0 aromatic heterocycles. The SMILES string of the molecule is NC(=O)C1CCN(C(=O)NC2CCN(CC3CCCCC3)CC2)C1. The van der Waals surface area contributed by atoms with Gasteiger partial charge in [-0.3, -0.25) is 4.79 Å². The quantitative estimate of drug-likeness (QED) is 0.817. The summed E-state index contributed by atoms with van der Waals surface area (Å²) in [6.07, 6.45) is 9.77. The molecule has 1 atom stereocenters. The highest BCUT2D eigenvalue weighted by atomic mass is 16.2. The van der Waals surface area contributed by atoms with Gasteiger partial charge in [0, 0.05) is 38.8 Å². The number of nitrogens with one attached hydrogen (secondary N) is 1. The maximum absolute atomic E-state index is 12.3. The normalized spacial score (nSPS) is 27.3. The first-order chi connectivity index (χ1) is 11.6. The van der Waals surface area contributed by atoms with Crippen LogP contribution in [0.3, 0.4) is 0 Å². The Balaban J connectivity index is 1.36. The Morgan fingerprint density at radius 2 is 1.67 bits per heavy atom. The van der Waals surface area contributed by atoms with Gasteiger partial charge < -0.3 is 20.9 Å². The highest BCUT2D eigenvalue weighted by Gasteiger charge is 2.31. The van der Waals surface area contributed by atoms with Gasteiger partial charge >= 0.3 is 6.03 Å². The number of urea groups is 1. The Labute approximate surface area is 145 Å². The minimum Gasteiger partial charge on any atom is -0.369 e. The first kappa shape index (κ1) is 17.5. The highest BCUT2D eigenvalue weighted by molar-refractivity contribution is 5.80. The van der Waals surface area contributed by atoms with Crippen LogP contribution in [0, 0.1) is 11.8 Å². The second-order valence-electron chi connectivity index (χ2n) is 7.86. The van der Waals surface area contributed by atoms with Crippen molar-refractivity contribution in [1.82, 2.24) is 15.1 Å². The third-order valence-electron chi connectivity index (χ3n) is 6.03. The topological polar surface area (TPSA) is 78.7 Å². The van der Waals surface area contributed by atoms with Gasteiger partial charge in [0.15, 0.2) is 0 Å². The molecular weight excluding hydrogens is 304 g/mol. The van der Waals surface area contributed by atoms with Gasteiger partial charge in [-0.15, -0.1) is 0 Å². The molecule has 1 unspecified atom stereocenters. The minimum atomic E-state index is -0.290. The number of nitrogens with two attached hydrogens (primary N) is 1. The van der Waals surface area contributed by atoms with Crippen LogP contribution in [0.25, 0.3) is 0 Å². The van der Waals surface area contributed by atoms with Crippen molar-refractivity contribution in [2.75, 3.05) is 32.7 Å². The van der Waals surface area contributed by atoms with Crippen molar-refractivity contribution in [3.05, 3.63) is 0 Å². The Bertz CT molecular complexity index is 442. The average Bonchev–Trinajstić information content (AvgIpc) is 3.08. The predicted octanol–water partition coefficient (Wildman–Crippen LogP) is 1.55. The molecule has 0 spiro atoms. The van der Waals surface area contributed by atoms with Crippen molar-refractivity contribution in [3.63, 3.8) is 0 Å². The lowest BCUT2D eigenvalue weighted by atomic mass is 9.88. The van der Waals surface area contributed by atoms with Gasteiger partial charge in [-0.1, -0.05) is 19.3 Å². The minimum absolute atomic E-state index is 0.0236. The van der Waals surface area contributed by atoms with Crippen LogP contribution >= 0.6 is 0 Å². The summed E-state index contributed by atoms with van der Waals surface area (Å²) < 4.78 is 0. The zero-order chi connectivity index (χ0) is 16.9. The van der Waals surface area contributed by atoms with Gasteiger partial charge in [-0.2, -0.15) is 0 Å². The van der Waals surface area contributed by atoms with Crippen molar-refractivity contribution < 1.29 is 9.59 Å². The molecule has 0 aromatic rings. The van der Waals surface area contributed by atoms with Gasteiger partial charge in [0.05, 0.1) is 5.92 Å². The van der Waals surface area contributed by atoms with Crippen molar-refractivity contribution >= 4 is 11.9 Å². The molecule has 24 heavy (non-hydrogen) atoms. The Morgan fingerprint density at radius 3 is 2.29 bits per heavy atom. The van der Waals surface area contributed by atoms with Gasteiger partial charge in [0.25, 0.3) is 0 Å². The van der Waals surface area contributed by atoms with E-state index in [1.165, 1.54) is 38.6 Å². The molecule has 3 aliphatic rings. The zero-order valence-corrected chi connectivity index (χ0v) is 14.7. The molecule has 2 saturated heterocycles. The molecule has 2 aliphatic heterocycles. The Kier molecular flexibility index (Phi) is 5.98. The number of hydrogen-bond donors (Lipinski definition) is 2. The number of carbonyl (C=O) groups excluding carboxylic acids is 2. The van der Waals surface area contributed by atoms with Crippen LogP contribution in [0.5, 0.6) is 0 Å². The summed E-state index contributed by atoms with van der Waals surface area (Å²) in [6, 6.07) is 0.247. The van der Waals surface area contributed by atoms with Crippen LogP contribution in [-0.4, -0.2) is 60.5 Å². The monoisotopic (exact) mass is 336 g/mol. The van der Waals surface area contributed by atoms with Gasteiger partial charge in [-0.05, 0) is 38.0 Å². The van der Waals surface area contributed by atoms with Gasteiger partial charge in [-0.25, -0.2) is 4.79 Å². The number of likely N-dealkylation sites (tertiary alicyclic amines) is 2. The summed E-state index contributed by atoms with van der Waals surface area (Å²) >= 11 is 0. The van der Waals surface area contributed by atoms with E-state index in [-0.39, 0.29) is 23.9 Å². The Morgan fingerprint density at radius 1 is 0.958 bits per heavy atom. The van der Waals surface area contributed by atoms with Gasteiger partial charge in [0.2, 0.25) is 5.91 Å². The molecule has 1 aliphatic carbocycles. The fourth-order valence-corrected chi connectivity index (χ4v) is 4.44. The summed E-state index contributed by atoms with van der Waals surface area (Å²) in [4.78, 5) is 27.9. The standard InChI is InChI=1S/C18H32N4O2/c19-17(23)15-6-11-22(13-15)18(24)20-16-7-9-21(10-8-16)12-14-4-2-1-3-5-14/h14-16H,1-13H2,(H2,19,23)(H,20,24). The highest BCUT2D eigenvalue weighted by Crippen LogP contribution is 2.25. The lowest BCUT2D eigenvalue weighted by Gasteiger charge is -2.36. The van der Waals surface area contributed by atoms with E-state index in [1.807, 2.05) is 0 Å². The molecule has 3 fully saturated rings. The fraction of sp³-hybridized carbons (Fsp3) is 0.889. The van der Waals surface area contributed by atoms with Crippen molar-refractivity contribution in [2.45, 2.75) is 57.4 Å². The molecule has 0 radical (unpaired) electrons. The summed E-state index contributed by atoms with van der Waals surface area (Å²) in [5.74, 6) is 0.426. The molecule has 3 rings (SSSR count). The molecule has 1 saturated carbocycles. The summed E-state index contributed by atoms with van der Waals surface area (Å²) in [5.41, 5.74) is 5.33. The van der Waals surface area contributed by atoms with Crippen LogP contribution in [0.1, 0.15) is 51.4 Å². The van der Waals surface area contributed by atoms with Crippen LogP contribution in [0.4, 0.5) is 4.79 Å². The van der Waals surface area contributed by atoms with E-state index in [2.05, 4.69) is 10.2 Å². The first-order valence-corrected chi connectivity index (χ1v) is 9.69. The summed E-state index contributed by atoms with van der Waals surface area (Å²) in [6.45, 7) is 4.53. The summed E-state index contributed by atoms with van der Waals surface area (Å²) in [5, 5.41) is 3.15. The zero-order valence-electron chi connectivity index (χ0n) is 14.7. The number of piperidine rings is 1. The first-order valence-electron chi connectivity index (χ1n) is 9.69. The van der Waals surface area contributed by atoms with E-state index in [0.29, 0.717) is 19.5 Å². The molecular formula is C18H32N4O2. The second-order valence-corrected chi connectivity index (χ2v) is 7.86. The summed E-state index contributed by atoms with van der Waals surface area (Å²) in [7, 11) is 0. The number of carbonyl (C=O) groups is 2. The van der Waals surface area contributed by atoms with Crippen LogP contribution in [-0.2, 0) is 4.79 Å². The molecule has 6 heteroatoms.